The molecular weight excluding hydrogens is 360 g/mol. The Morgan fingerprint density at radius 3 is 2.64 bits per heavy atom. The standard InChI is InChI=1S/C19H22N6O3/c1-11-7-14(27-2)15(28-3)8-12(11)9-22-18-16(17(20)26)19(25-24-18)23-13-5-4-6-21-10-13/h4-8,10H,9H2,1-3H3,(H2,20,26)(H3,22,23,24,25). The molecule has 146 valence electrons. The molecule has 3 aromatic rings. The number of hydrogen-bond donors (Lipinski definition) is 4. The number of pyridine rings is 1. The summed E-state index contributed by atoms with van der Waals surface area (Å²) in [4.78, 5) is 16.0. The molecule has 0 saturated carbocycles. The first kappa shape index (κ1) is 19.0. The molecule has 2 aromatic heterocycles. The maximum Gasteiger partial charge on any atom is 0.256 e. The van der Waals surface area contributed by atoms with E-state index in [4.69, 9.17) is 15.2 Å². The number of carbonyl (C=O) groups is 1. The van der Waals surface area contributed by atoms with Gasteiger partial charge in [0.15, 0.2) is 17.3 Å². The minimum atomic E-state index is -0.605. The molecule has 3 rings (SSSR count). The number of aryl methyl sites for hydroxylation is 1. The van der Waals surface area contributed by atoms with Crippen molar-refractivity contribution in [3.05, 3.63) is 53.3 Å². The first-order chi connectivity index (χ1) is 13.5. The largest absolute Gasteiger partial charge is 0.493 e. The van der Waals surface area contributed by atoms with Crippen molar-refractivity contribution in [1.29, 1.82) is 0 Å². The first-order valence-corrected chi connectivity index (χ1v) is 8.54. The van der Waals surface area contributed by atoms with Crippen LogP contribution in [0.2, 0.25) is 0 Å². The van der Waals surface area contributed by atoms with Gasteiger partial charge in [0.25, 0.3) is 5.91 Å². The van der Waals surface area contributed by atoms with Gasteiger partial charge in [0.1, 0.15) is 11.4 Å². The predicted molar refractivity (Wildman–Crippen MR) is 106 cm³/mol. The molecule has 0 atom stereocenters. The number of anilines is 3. The lowest BCUT2D eigenvalue weighted by atomic mass is 10.1. The number of H-pyrrole nitrogens is 1. The molecule has 0 bridgehead atoms. The zero-order valence-corrected chi connectivity index (χ0v) is 15.9. The summed E-state index contributed by atoms with van der Waals surface area (Å²) in [7, 11) is 3.18. The molecule has 0 unspecified atom stereocenters. The van der Waals surface area contributed by atoms with E-state index in [-0.39, 0.29) is 5.56 Å². The molecule has 1 aromatic carbocycles. The highest BCUT2D eigenvalue weighted by Crippen LogP contribution is 2.31. The van der Waals surface area contributed by atoms with E-state index in [0.29, 0.717) is 35.4 Å². The molecule has 0 saturated heterocycles. The van der Waals surface area contributed by atoms with Gasteiger partial charge >= 0.3 is 0 Å². The minimum Gasteiger partial charge on any atom is -0.493 e. The van der Waals surface area contributed by atoms with E-state index in [2.05, 4.69) is 25.8 Å². The summed E-state index contributed by atoms with van der Waals surface area (Å²) in [5, 5.41) is 13.2. The van der Waals surface area contributed by atoms with Crippen molar-refractivity contribution >= 4 is 23.2 Å². The van der Waals surface area contributed by atoms with E-state index in [0.717, 1.165) is 11.1 Å². The third-order valence-electron chi connectivity index (χ3n) is 4.23. The molecule has 0 aliphatic carbocycles. The van der Waals surface area contributed by atoms with Crippen LogP contribution in [-0.2, 0) is 6.54 Å². The number of nitrogens with two attached hydrogens (primary N) is 1. The predicted octanol–water partition coefficient (Wildman–Crippen LogP) is 2.58. The summed E-state index contributed by atoms with van der Waals surface area (Å²) in [6.45, 7) is 2.39. The third kappa shape index (κ3) is 3.98. The summed E-state index contributed by atoms with van der Waals surface area (Å²) in [5.74, 6) is 1.43. The normalized spacial score (nSPS) is 10.4. The van der Waals surface area contributed by atoms with Crippen LogP contribution in [0, 0.1) is 6.92 Å². The highest BCUT2D eigenvalue weighted by atomic mass is 16.5. The summed E-state index contributed by atoms with van der Waals surface area (Å²) in [6.07, 6.45) is 3.29. The summed E-state index contributed by atoms with van der Waals surface area (Å²) in [5.41, 5.74) is 8.49. The number of amides is 1. The van der Waals surface area contributed by atoms with Crippen molar-refractivity contribution < 1.29 is 14.3 Å². The zero-order chi connectivity index (χ0) is 20.1. The molecule has 0 fully saturated rings. The number of rotatable bonds is 8. The van der Waals surface area contributed by atoms with Crippen molar-refractivity contribution in [3.8, 4) is 11.5 Å². The van der Waals surface area contributed by atoms with Crippen LogP contribution >= 0.6 is 0 Å². The average molecular weight is 382 g/mol. The number of aromatic nitrogens is 3. The van der Waals surface area contributed by atoms with E-state index in [1.54, 1.807) is 32.7 Å². The van der Waals surface area contributed by atoms with E-state index < -0.39 is 5.91 Å². The van der Waals surface area contributed by atoms with Crippen molar-refractivity contribution in [2.45, 2.75) is 13.5 Å². The number of aromatic amines is 1. The molecule has 28 heavy (non-hydrogen) atoms. The molecule has 9 nitrogen and oxygen atoms in total. The Morgan fingerprint density at radius 1 is 1.25 bits per heavy atom. The summed E-state index contributed by atoms with van der Waals surface area (Å²) in [6, 6.07) is 7.37. The lowest BCUT2D eigenvalue weighted by Crippen LogP contribution is -2.15. The molecule has 0 spiro atoms. The minimum absolute atomic E-state index is 0.238. The van der Waals surface area contributed by atoms with Gasteiger partial charge < -0.3 is 25.8 Å². The number of carbonyl (C=O) groups excluding carboxylic acids is 1. The van der Waals surface area contributed by atoms with Crippen LogP contribution in [0.3, 0.4) is 0 Å². The Labute approximate surface area is 162 Å². The van der Waals surface area contributed by atoms with Gasteiger partial charge in [0.2, 0.25) is 0 Å². The van der Waals surface area contributed by atoms with E-state index in [1.807, 2.05) is 25.1 Å². The fourth-order valence-electron chi connectivity index (χ4n) is 2.77. The van der Waals surface area contributed by atoms with E-state index >= 15 is 0 Å². The number of nitrogens with one attached hydrogen (secondary N) is 3. The van der Waals surface area contributed by atoms with Crippen molar-refractivity contribution in [3.63, 3.8) is 0 Å². The molecule has 0 radical (unpaired) electrons. The van der Waals surface area contributed by atoms with E-state index in [9.17, 15) is 4.79 Å². The van der Waals surface area contributed by atoms with Gasteiger partial charge in [-0.3, -0.25) is 14.9 Å². The lowest BCUT2D eigenvalue weighted by Gasteiger charge is -2.13. The molecule has 2 heterocycles. The van der Waals surface area contributed by atoms with Gasteiger partial charge in [-0.1, -0.05) is 0 Å². The Kier molecular flexibility index (Phi) is 5.64. The van der Waals surface area contributed by atoms with Gasteiger partial charge in [-0.05, 0) is 42.3 Å². The van der Waals surface area contributed by atoms with Crippen LogP contribution in [0.5, 0.6) is 11.5 Å². The van der Waals surface area contributed by atoms with Gasteiger partial charge in [-0.15, -0.1) is 0 Å². The zero-order valence-electron chi connectivity index (χ0n) is 15.9. The quantitative estimate of drug-likeness (QED) is 0.471. The van der Waals surface area contributed by atoms with Gasteiger partial charge in [0.05, 0.1) is 26.1 Å². The van der Waals surface area contributed by atoms with Crippen LogP contribution < -0.4 is 25.8 Å². The molecule has 0 aliphatic rings. The summed E-state index contributed by atoms with van der Waals surface area (Å²) >= 11 is 0. The van der Waals surface area contributed by atoms with E-state index in [1.165, 1.54) is 0 Å². The Hall–Kier alpha value is -3.75. The number of methoxy groups -OCH3 is 2. The number of nitrogens with zero attached hydrogens (tertiary/aromatic N) is 2. The fourth-order valence-corrected chi connectivity index (χ4v) is 2.77. The second-order valence-electron chi connectivity index (χ2n) is 6.04. The molecule has 1 amide bonds. The topological polar surface area (TPSA) is 127 Å². The Bertz CT molecular complexity index is 971. The van der Waals surface area contributed by atoms with Crippen molar-refractivity contribution in [1.82, 2.24) is 15.2 Å². The maximum atomic E-state index is 12.0. The van der Waals surface area contributed by atoms with Crippen LogP contribution in [-0.4, -0.2) is 35.3 Å². The molecule has 0 aliphatic heterocycles. The van der Waals surface area contributed by atoms with Crippen molar-refractivity contribution in [2.24, 2.45) is 5.73 Å². The number of primary amides is 1. The first-order valence-electron chi connectivity index (χ1n) is 8.54. The van der Waals surface area contributed by atoms with Crippen molar-refractivity contribution in [2.75, 3.05) is 24.9 Å². The highest BCUT2D eigenvalue weighted by molar-refractivity contribution is 6.03. The average Bonchev–Trinajstić information content (AvgIpc) is 3.10. The fraction of sp³-hybridized carbons (Fsp3) is 0.211. The maximum absolute atomic E-state index is 12.0. The molecular formula is C19H22N6O3. The highest BCUT2D eigenvalue weighted by Gasteiger charge is 2.19. The SMILES string of the molecule is COc1cc(C)c(CNc2n[nH]c(Nc3cccnc3)c2C(N)=O)cc1OC. The van der Waals surface area contributed by atoms with Crippen LogP contribution in [0.25, 0.3) is 0 Å². The second kappa shape index (κ2) is 8.30. The summed E-state index contributed by atoms with van der Waals surface area (Å²) < 4.78 is 10.7. The number of benzene rings is 1. The van der Waals surface area contributed by atoms with Crippen LogP contribution in [0.1, 0.15) is 21.5 Å². The number of hydrogen-bond acceptors (Lipinski definition) is 7. The third-order valence-corrected chi connectivity index (χ3v) is 4.23. The monoisotopic (exact) mass is 382 g/mol. The van der Waals surface area contributed by atoms with Crippen LogP contribution in [0.15, 0.2) is 36.7 Å². The molecule has 5 N–H and O–H groups in total. The second-order valence-corrected chi connectivity index (χ2v) is 6.04. The van der Waals surface area contributed by atoms with Gasteiger partial charge in [-0.2, -0.15) is 5.10 Å². The lowest BCUT2D eigenvalue weighted by molar-refractivity contribution is 0.100. The Balaban J connectivity index is 1.82. The van der Waals surface area contributed by atoms with Crippen LogP contribution in [0.4, 0.5) is 17.3 Å². The Morgan fingerprint density at radius 2 is 2.00 bits per heavy atom. The van der Waals surface area contributed by atoms with Gasteiger partial charge in [-0.25, -0.2) is 0 Å². The number of ether oxygens (including phenoxy) is 2. The smallest absolute Gasteiger partial charge is 0.256 e. The molecule has 9 heteroatoms. The van der Waals surface area contributed by atoms with Gasteiger partial charge in [0, 0.05) is 12.7 Å².